The average Bonchev–Trinajstić information content (AvgIpc) is 2.93. The zero-order valence-electron chi connectivity index (χ0n) is 12.7. The second kappa shape index (κ2) is 8.54. The van der Waals surface area contributed by atoms with Gasteiger partial charge in [-0.1, -0.05) is 19.8 Å². The molecular formula is C15H29NO3. The Morgan fingerprint density at radius 3 is 2.63 bits per heavy atom. The summed E-state index contributed by atoms with van der Waals surface area (Å²) in [5.74, 6) is -0.179. The number of carbonyl (C=O) groups is 1. The molecule has 1 aliphatic rings. The van der Waals surface area contributed by atoms with E-state index < -0.39 is 5.54 Å². The Balaban J connectivity index is 2.28. The van der Waals surface area contributed by atoms with E-state index in [-0.39, 0.29) is 5.97 Å². The van der Waals surface area contributed by atoms with Gasteiger partial charge in [-0.2, -0.15) is 0 Å². The zero-order chi connectivity index (χ0) is 14.1. The number of carbonyl (C=O) groups excluding carboxylic acids is 1. The van der Waals surface area contributed by atoms with Crippen LogP contribution in [0.5, 0.6) is 0 Å². The molecule has 1 atom stereocenters. The van der Waals surface area contributed by atoms with Crippen LogP contribution >= 0.6 is 0 Å². The molecule has 1 N–H and O–H groups in total. The molecule has 1 aliphatic carbocycles. The first-order valence-electron chi connectivity index (χ1n) is 7.57. The van der Waals surface area contributed by atoms with Crippen LogP contribution in [0.2, 0.25) is 0 Å². The summed E-state index contributed by atoms with van der Waals surface area (Å²) in [6.45, 7) is 5.58. The highest BCUT2D eigenvalue weighted by Gasteiger charge is 2.33. The molecule has 112 valence electrons. The summed E-state index contributed by atoms with van der Waals surface area (Å²) < 4.78 is 10.7. The van der Waals surface area contributed by atoms with Gasteiger partial charge in [0, 0.05) is 6.61 Å². The highest BCUT2D eigenvalue weighted by Crippen LogP contribution is 2.22. The first-order valence-corrected chi connectivity index (χ1v) is 7.57. The van der Waals surface area contributed by atoms with Gasteiger partial charge >= 0.3 is 5.97 Å². The number of nitrogens with one attached hydrogen (secondary N) is 1. The summed E-state index contributed by atoms with van der Waals surface area (Å²) in [5.41, 5.74) is -0.580. The lowest BCUT2D eigenvalue weighted by molar-refractivity contribution is -0.148. The van der Waals surface area contributed by atoms with Gasteiger partial charge in [-0.3, -0.25) is 4.79 Å². The van der Waals surface area contributed by atoms with E-state index in [0.29, 0.717) is 6.10 Å². The van der Waals surface area contributed by atoms with Crippen molar-refractivity contribution in [3.05, 3.63) is 0 Å². The summed E-state index contributed by atoms with van der Waals surface area (Å²) in [6.07, 6.45) is 8.08. The second-order valence-corrected chi connectivity index (χ2v) is 5.63. The molecule has 0 heterocycles. The molecule has 0 radical (unpaired) electrons. The lowest BCUT2D eigenvalue weighted by Gasteiger charge is -2.28. The van der Waals surface area contributed by atoms with Gasteiger partial charge < -0.3 is 14.8 Å². The van der Waals surface area contributed by atoms with E-state index in [1.54, 1.807) is 0 Å². The van der Waals surface area contributed by atoms with Crippen molar-refractivity contribution < 1.29 is 14.3 Å². The minimum atomic E-state index is -0.580. The van der Waals surface area contributed by atoms with Gasteiger partial charge in [-0.15, -0.1) is 0 Å². The summed E-state index contributed by atoms with van der Waals surface area (Å²) in [5, 5.41) is 3.29. The van der Waals surface area contributed by atoms with Gasteiger partial charge in [0.2, 0.25) is 0 Å². The fourth-order valence-corrected chi connectivity index (χ4v) is 2.62. The van der Waals surface area contributed by atoms with Gasteiger partial charge in [-0.05, 0) is 45.6 Å². The summed E-state index contributed by atoms with van der Waals surface area (Å²) in [6, 6.07) is 0. The Morgan fingerprint density at radius 2 is 2.05 bits per heavy atom. The summed E-state index contributed by atoms with van der Waals surface area (Å²) >= 11 is 0. The molecule has 0 saturated heterocycles. The normalized spacial score (nSPS) is 19.3. The first kappa shape index (κ1) is 16.4. The third-order valence-corrected chi connectivity index (χ3v) is 3.88. The molecule has 0 aromatic heterocycles. The number of esters is 1. The van der Waals surface area contributed by atoms with Crippen LogP contribution in [0, 0.1) is 0 Å². The smallest absolute Gasteiger partial charge is 0.325 e. The molecule has 1 saturated carbocycles. The van der Waals surface area contributed by atoms with Gasteiger partial charge in [0.05, 0.1) is 13.2 Å². The van der Waals surface area contributed by atoms with Crippen molar-refractivity contribution in [3.8, 4) is 0 Å². The molecule has 1 unspecified atom stereocenters. The van der Waals surface area contributed by atoms with Crippen LogP contribution in [0.25, 0.3) is 0 Å². The third kappa shape index (κ3) is 5.49. The summed E-state index contributed by atoms with van der Waals surface area (Å²) in [4.78, 5) is 11.9. The molecule has 0 amide bonds. The number of hydrogen-bond donors (Lipinski definition) is 1. The van der Waals surface area contributed by atoms with E-state index in [0.717, 1.165) is 32.4 Å². The topological polar surface area (TPSA) is 47.6 Å². The molecule has 0 bridgehead atoms. The van der Waals surface area contributed by atoms with Crippen LogP contribution in [0.3, 0.4) is 0 Å². The molecular weight excluding hydrogens is 242 g/mol. The van der Waals surface area contributed by atoms with Gasteiger partial charge in [-0.25, -0.2) is 0 Å². The van der Waals surface area contributed by atoms with Crippen molar-refractivity contribution in [1.82, 2.24) is 5.32 Å². The van der Waals surface area contributed by atoms with Gasteiger partial charge in [0.25, 0.3) is 0 Å². The predicted octanol–water partition coefficient (Wildman–Crippen LogP) is 2.66. The molecule has 0 spiro atoms. The molecule has 4 heteroatoms. The molecule has 4 nitrogen and oxygen atoms in total. The fourth-order valence-electron chi connectivity index (χ4n) is 2.62. The standard InChI is InChI=1S/C15H29NO3/c1-4-11-16-15(2,14(17)18-3)10-7-12-19-13-8-5-6-9-13/h13,16H,4-12H2,1-3H3. The average molecular weight is 271 g/mol. The monoisotopic (exact) mass is 271 g/mol. The zero-order valence-corrected chi connectivity index (χ0v) is 12.7. The van der Waals surface area contributed by atoms with Crippen molar-refractivity contribution in [2.45, 2.75) is 70.4 Å². The summed E-state index contributed by atoms with van der Waals surface area (Å²) in [7, 11) is 1.45. The van der Waals surface area contributed by atoms with Crippen LogP contribution in [0.1, 0.15) is 58.8 Å². The quantitative estimate of drug-likeness (QED) is 0.517. The minimum Gasteiger partial charge on any atom is -0.468 e. The molecule has 0 aliphatic heterocycles. The largest absolute Gasteiger partial charge is 0.468 e. The second-order valence-electron chi connectivity index (χ2n) is 5.63. The van der Waals surface area contributed by atoms with Crippen LogP contribution in [-0.2, 0) is 14.3 Å². The third-order valence-electron chi connectivity index (χ3n) is 3.88. The van der Waals surface area contributed by atoms with E-state index in [1.807, 2.05) is 6.92 Å². The Bertz CT molecular complexity index is 264. The Hall–Kier alpha value is -0.610. The van der Waals surface area contributed by atoms with E-state index in [1.165, 1.54) is 32.8 Å². The number of hydrogen-bond acceptors (Lipinski definition) is 4. The van der Waals surface area contributed by atoms with Gasteiger partial charge in [0.1, 0.15) is 5.54 Å². The maximum atomic E-state index is 11.9. The Labute approximate surface area is 117 Å². The Kier molecular flexibility index (Phi) is 7.39. The lowest BCUT2D eigenvalue weighted by Crippen LogP contribution is -2.50. The first-order chi connectivity index (χ1) is 9.12. The van der Waals surface area contributed by atoms with Crippen LogP contribution in [0.15, 0.2) is 0 Å². The van der Waals surface area contributed by atoms with Crippen molar-refractivity contribution in [3.63, 3.8) is 0 Å². The Morgan fingerprint density at radius 1 is 1.37 bits per heavy atom. The SMILES string of the molecule is CCCNC(C)(CCCOC1CCCC1)C(=O)OC. The molecule has 0 aromatic rings. The van der Waals surface area contributed by atoms with E-state index in [2.05, 4.69) is 12.2 Å². The van der Waals surface area contributed by atoms with Crippen molar-refractivity contribution >= 4 is 5.97 Å². The van der Waals surface area contributed by atoms with Crippen molar-refractivity contribution in [2.75, 3.05) is 20.3 Å². The fraction of sp³-hybridized carbons (Fsp3) is 0.933. The molecule has 1 rings (SSSR count). The van der Waals surface area contributed by atoms with Crippen LogP contribution in [-0.4, -0.2) is 37.9 Å². The van der Waals surface area contributed by atoms with Crippen molar-refractivity contribution in [2.24, 2.45) is 0 Å². The van der Waals surface area contributed by atoms with Crippen molar-refractivity contribution in [1.29, 1.82) is 0 Å². The molecule has 19 heavy (non-hydrogen) atoms. The highest BCUT2D eigenvalue weighted by atomic mass is 16.5. The predicted molar refractivity (Wildman–Crippen MR) is 76.2 cm³/mol. The van der Waals surface area contributed by atoms with Crippen LogP contribution < -0.4 is 5.32 Å². The van der Waals surface area contributed by atoms with E-state index >= 15 is 0 Å². The van der Waals surface area contributed by atoms with Crippen LogP contribution in [0.4, 0.5) is 0 Å². The number of ether oxygens (including phenoxy) is 2. The van der Waals surface area contributed by atoms with E-state index in [9.17, 15) is 4.79 Å². The lowest BCUT2D eigenvalue weighted by atomic mass is 9.96. The maximum absolute atomic E-state index is 11.9. The molecule has 0 aromatic carbocycles. The number of methoxy groups -OCH3 is 1. The maximum Gasteiger partial charge on any atom is 0.325 e. The highest BCUT2D eigenvalue weighted by molar-refractivity contribution is 5.80. The minimum absolute atomic E-state index is 0.179. The van der Waals surface area contributed by atoms with E-state index in [4.69, 9.17) is 9.47 Å². The van der Waals surface area contributed by atoms with Gasteiger partial charge in [0.15, 0.2) is 0 Å². The number of rotatable bonds is 9. The molecule has 1 fully saturated rings.